The van der Waals surface area contributed by atoms with Crippen molar-refractivity contribution in [3.05, 3.63) is 207 Å². The van der Waals surface area contributed by atoms with Crippen LogP contribution >= 0.6 is 0 Å². The lowest BCUT2D eigenvalue weighted by Gasteiger charge is -2.45. The fourth-order valence-corrected chi connectivity index (χ4v) is 13.4. The number of nitrogens with zero attached hydrogens (tertiary/aromatic N) is 3. The van der Waals surface area contributed by atoms with Gasteiger partial charge in [0.2, 0.25) is 13.4 Å². The number of aryl methyl sites for hydroxylation is 1. The van der Waals surface area contributed by atoms with Crippen molar-refractivity contribution in [2.75, 3.05) is 4.90 Å². The lowest BCUT2D eigenvalue weighted by Crippen LogP contribution is -2.66. The van der Waals surface area contributed by atoms with Gasteiger partial charge in [-0.05, 0) is 180 Å². The molecule has 0 N–H and O–H groups in total. The van der Waals surface area contributed by atoms with E-state index < -0.39 is 0 Å². The number of benzene rings is 9. The van der Waals surface area contributed by atoms with Crippen molar-refractivity contribution in [2.45, 2.75) is 76.2 Å². The Labute approximate surface area is 413 Å². The van der Waals surface area contributed by atoms with Crippen LogP contribution in [0.1, 0.15) is 61.2 Å². The Bertz CT molecular complexity index is 3680. The van der Waals surface area contributed by atoms with Crippen LogP contribution in [0, 0.1) is 76.2 Å². The van der Waals surface area contributed by atoms with E-state index in [1.807, 2.05) is 0 Å². The molecule has 5 heteroatoms. The van der Waals surface area contributed by atoms with E-state index in [-0.39, 0.29) is 13.4 Å². The Morgan fingerprint density at radius 1 is 0.300 bits per heavy atom. The molecule has 0 atom stereocenters. The summed E-state index contributed by atoms with van der Waals surface area (Å²) in [6.07, 6.45) is 0. The predicted octanol–water partition coefficient (Wildman–Crippen LogP) is 12.4. The number of hydrogen-bond acceptors (Lipinski definition) is 1. The van der Waals surface area contributed by atoms with E-state index >= 15 is 0 Å². The second kappa shape index (κ2) is 15.3. The van der Waals surface area contributed by atoms with Gasteiger partial charge in [-0.25, -0.2) is 0 Å². The van der Waals surface area contributed by atoms with Gasteiger partial charge in [0.25, 0.3) is 0 Å². The number of aromatic nitrogens is 2. The number of para-hydroxylation sites is 4. The molecule has 11 aromatic rings. The van der Waals surface area contributed by atoms with Crippen LogP contribution in [0.4, 0.5) is 17.1 Å². The van der Waals surface area contributed by atoms with E-state index in [1.54, 1.807) is 0 Å². The van der Waals surface area contributed by atoms with Crippen molar-refractivity contribution in [1.29, 1.82) is 0 Å². The number of hydrogen-bond donors (Lipinski definition) is 0. The average molecular weight is 902 g/mol. The van der Waals surface area contributed by atoms with Crippen molar-refractivity contribution in [2.24, 2.45) is 0 Å². The maximum absolute atomic E-state index is 2.70. The molecule has 4 heterocycles. The largest absolute Gasteiger partial charge is 0.312 e. The Balaban J connectivity index is 1.19. The van der Waals surface area contributed by atoms with Crippen molar-refractivity contribution in [3.63, 3.8) is 0 Å². The second-order valence-corrected chi connectivity index (χ2v) is 20.8. The van der Waals surface area contributed by atoms with Gasteiger partial charge in [-0.15, -0.1) is 0 Å². The van der Waals surface area contributed by atoms with E-state index in [2.05, 4.69) is 236 Å². The van der Waals surface area contributed by atoms with Crippen molar-refractivity contribution in [1.82, 2.24) is 9.13 Å². The van der Waals surface area contributed by atoms with Crippen molar-refractivity contribution >= 4 is 107 Å². The highest BCUT2D eigenvalue weighted by Crippen LogP contribution is 2.43. The van der Waals surface area contributed by atoms with E-state index in [9.17, 15) is 0 Å². The summed E-state index contributed by atoms with van der Waals surface area (Å²) in [4.78, 5) is 2.70. The van der Waals surface area contributed by atoms with Crippen LogP contribution in [0.2, 0.25) is 0 Å². The van der Waals surface area contributed by atoms with Crippen molar-refractivity contribution < 1.29 is 0 Å². The molecule has 0 radical (unpaired) electrons. The fraction of sp³-hybridized carbons (Fsp3) is 0.169. The molecule has 0 unspecified atom stereocenters. The van der Waals surface area contributed by atoms with Gasteiger partial charge in [-0.3, -0.25) is 0 Å². The molecule has 0 amide bonds. The molecule has 2 aliphatic rings. The maximum atomic E-state index is 2.70. The molecule has 0 bridgehead atoms. The van der Waals surface area contributed by atoms with Crippen molar-refractivity contribution in [3.8, 4) is 11.4 Å². The van der Waals surface area contributed by atoms with Crippen LogP contribution < -0.4 is 37.7 Å². The highest BCUT2D eigenvalue weighted by molar-refractivity contribution is 7.02. The minimum atomic E-state index is 0.0107. The zero-order chi connectivity index (χ0) is 48.2. The van der Waals surface area contributed by atoms with Crippen LogP contribution in [-0.4, -0.2) is 22.6 Å². The normalized spacial score (nSPS) is 13.0. The molecule has 2 aromatic heterocycles. The van der Waals surface area contributed by atoms with Gasteiger partial charge < -0.3 is 14.0 Å². The van der Waals surface area contributed by atoms with Gasteiger partial charge in [0.1, 0.15) is 0 Å². The lowest BCUT2D eigenvalue weighted by atomic mass is 9.29. The molecule has 2 aliphatic heterocycles. The Kier molecular flexibility index (Phi) is 9.28. The number of rotatable bonds is 4. The fourth-order valence-electron chi connectivity index (χ4n) is 13.4. The van der Waals surface area contributed by atoms with Gasteiger partial charge in [-0.1, -0.05) is 136 Å². The van der Waals surface area contributed by atoms with Gasteiger partial charge in [-0.2, -0.15) is 0 Å². The van der Waals surface area contributed by atoms with E-state index in [0.717, 1.165) is 11.4 Å². The Morgan fingerprint density at radius 2 is 0.600 bits per heavy atom. The summed E-state index contributed by atoms with van der Waals surface area (Å²) < 4.78 is 4.99. The third-order valence-electron chi connectivity index (χ3n) is 17.7. The van der Waals surface area contributed by atoms with Crippen LogP contribution in [0.25, 0.3) is 55.0 Å². The highest BCUT2D eigenvalue weighted by Gasteiger charge is 2.46. The number of fused-ring (bicyclic) bond motifs is 10. The molecular formula is C65H57B2N3. The topological polar surface area (TPSA) is 13.1 Å². The first-order valence-electron chi connectivity index (χ1n) is 25.2. The maximum Gasteiger partial charge on any atom is 0.247 e. The molecule has 3 nitrogen and oxygen atoms in total. The highest BCUT2D eigenvalue weighted by atomic mass is 15.2. The van der Waals surface area contributed by atoms with E-state index in [0.29, 0.717) is 0 Å². The zero-order valence-corrected chi connectivity index (χ0v) is 42.4. The SMILES string of the molecule is Cc1cc2c3c(c1)B(c1c(C)c(C)c(C)c(C)c1C)c1ccc(-n4c5ccccc5c5ccccc54)cc1N3c1cc(-n3c4ccccc4c4ccccc43)ccc1B2c1c(C)c(C)c(C)c(C)c1C. The molecule has 9 aromatic carbocycles. The summed E-state index contributed by atoms with van der Waals surface area (Å²) in [6, 6.07) is 55.5. The minimum Gasteiger partial charge on any atom is -0.312 e. The summed E-state index contributed by atoms with van der Waals surface area (Å²) in [7, 11) is 0. The monoisotopic (exact) mass is 901 g/mol. The first kappa shape index (κ1) is 42.6. The molecule has 13 rings (SSSR count). The second-order valence-electron chi connectivity index (χ2n) is 20.8. The standard InChI is InChI=1S/C65H57B2N3/c1-36-32-55-65-56(33-36)67(64-45(10)41(6)38(3)42(7)46(64)11)54-31-29-48(69-59-26-18-14-22-51(59)52-23-15-19-27-60(52)69)35-62(54)70(65)61-34-47(68-57-24-16-12-20-49(57)50-21-13-17-25-58(50)68)28-30-53(61)66(55)63-43(8)39(4)37(2)40(5)44(63)9/h12-35H,1-11H3. The quantitative estimate of drug-likeness (QED) is 0.160. The third kappa shape index (κ3) is 5.66. The Morgan fingerprint density at radius 3 is 0.929 bits per heavy atom. The average Bonchev–Trinajstić information content (AvgIpc) is 3.90. The summed E-state index contributed by atoms with van der Waals surface area (Å²) in [5.41, 5.74) is 34.5. The molecule has 0 saturated carbocycles. The predicted molar refractivity (Wildman–Crippen MR) is 304 cm³/mol. The Hall–Kier alpha value is -7.49. The van der Waals surface area contributed by atoms with Crippen LogP contribution in [0.5, 0.6) is 0 Å². The summed E-state index contributed by atoms with van der Waals surface area (Å²) in [5.74, 6) is 0. The zero-order valence-electron chi connectivity index (χ0n) is 42.4. The number of anilines is 3. The summed E-state index contributed by atoms with van der Waals surface area (Å²) >= 11 is 0. The smallest absolute Gasteiger partial charge is 0.247 e. The molecule has 70 heavy (non-hydrogen) atoms. The van der Waals surface area contributed by atoms with Crippen LogP contribution in [-0.2, 0) is 0 Å². The third-order valence-corrected chi connectivity index (χ3v) is 17.7. The molecule has 0 spiro atoms. The molecular weight excluding hydrogens is 844 g/mol. The van der Waals surface area contributed by atoms with Gasteiger partial charge in [0.15, 0.2) is 0 Å². The molecule has 0 fully saturated rings. The molecule has 338 valence electrons. The van der Waals surface area contributed by atoms with E-state index in [4.69, 9.17) is 0 Å². The minimum absolute atomic E-state index is 0.0107. The van der Waals surface area contributed by atoms with Crippen LogP contribution in [0.15, 0.2) is 146 Å². The molecule has 0 aliphatic carbocycles. The first-order chi connectivity index (χ1) is 33.8. The van der Waals surface area contributed by atoms with Gasteiger partial charge in [0.05, 0.1) is 22.1 Å². The van der Waals surface area contributed by atoms with Crippen LogP contribution in [0.3, 0.4) is 0 Å². The summed E-state index contributed by atoms with van der Waals surface area (Å²) in [6.45, 7) is 25.8. The van der Waals surface area contributed by atoms with Gasteiger partial charge in [0, 0.05) is 50.0 Å². The van der Waals surface area contributed by atoms with E-state index in [1.165, 1.54) is 155 Å². The first-order valence-corrected chi connectivity index (χ1v) is 25.2. The molecule has 0 saturated heterocycles. The summed E-state index contributed by atoms with van der Waals surface area (Å²) in [5, 5.41) is 5.07. The lowest BCUT2D eigenvalue weighted by molar-refractivity contribution is 1.16. The van der Waals surface area contributed by atoms with Gasteiger partial charge >= 0.3 is 0 Å².